The Morgan fingerprint density at radius 2 is 1.11 bits per heavy atom. The van der Waals surface area contributed by atoms with Gasteiger partial charge in [-0.2, -0.15) is 0 Å². The Labute approximate surface area is 233 Å². The van der Waals surface area contributed by atoms with Gasteiger partial charge in [0.25, 0.3) is 0 Å². The molecule has 0 saturated carbocycles. The van der Waals surface area contributed by atoms with Crippen LogP contribution in [0.4, 0.5) is 5.69 Å². The average molecular weight is 577 g/mol. The summed E-state index contributed by atoms with van der Waals surface area (Å²) < 4.78 is 15.4. The topological polar surface area (TPSA) is 24.8 Å². The molecule has 0 aliphatic carbocycles. The van der Waals surface area contributed by atoms with Crippen molar-refractivity contribution in [2.45, 2.75) is 92.2 Å². The molecule has 0 bridgehead atoms. The summed E-state index contributed by atoms with van der Waals surface area (Å²) in [5.74, 6) is 0.742. The Bertz CT molecular complexity index is 1140. The first-order valence-corrected chi connectivity index (χ1v) is 16.9. The Kier molecular flexibility index (Phi) is 9.73. The third kappa shape index (κ3) is 7.06. The normalized spacial score (nSPS) is 13.0. The van der Waals surface area contributed by atoms with Crippen molar-refractivity contribution in [3.8, 4) is 0 Å². The molecule has 3 rings (SSSR count). The molecule has 198 valence electrons. The molecular formula is C32H45GeN2OP. The molecule has 0 atom stereocenters. The van der Waals surface area contributed by atoms with Gasteiger partial charge in [-0.05, 0) is 0 Å². The summed E-state index contributed by atoms with van der Waals surface area (Å²) in [4.78, 5) is 0. The molecule has 2 radical (unpaired) electrons. The van der Waals surface area contributed by atoms with Gasteiger partial charge >= 0.3 is 234 Å². The van der Waals surface area contributed by atoms with Gasteiger partial charge in [0, 0.05) is 0 Å². The van der Waals surface area contributed by atoms with E-state index in [0.29, 0.717) is 11.8 Å². The molecule has 0 amide bonds. The zero-order valence-corrected chi connectivity index (χ0v) is 27.4. The van der Waals surface area contributed by atoms with E-state index in [0.717, 1.165) is 5.69 Å². The first kappa shape index (κ1) is 29.9. The second kappa shape index (κ2) is 12.0. The van der Waals surface area contributed by atoms with Gasteiger partial charge in [0.2, 0.25) is 0 Å². The van der Waals surface area contributed by atoms with Crippen LogP contribution in [0.25, 0.3) is 0 Å². The Morgan fingerprint density at radius 3 is 1.46 bits per heavy atom. The summed E-state index contributed by atoms with van der Waals surface area (Å²) in [6, 6.07) is 28.7. The predicted molar refractivity (Wildman–Crippen MR) is 164 cm³/mol. The summed E-state index contributed by atoms with van der Waals surface area (Å²) >= 11 is -1.00. The van der Waals surface area contributed by atoms with Crippen LogP contribution in [0.15, 0.2) is 83.6 Å². The molecule has 0 unspecified atom stereocenters. The van der Waals surface area contributed by atoms with Crippen molar-refractivity contribution in [2.75, 3.05) is 0 Å². The quantitative estimate of drug-likeness (QED) is 0.198. The van der Waals surface area contributed by atoms with Crippen LogP contribution in [0.5, 0.6) is 0 Å². The van der Waals surface area contributed by atoms with E-state index < -0.39 is 23.2 Å². The second-order valence-electron chi connectivity index (χ2n) is 12.3. The van der Waals surface area contributed by atoms with Gasteiger partial charge in [-0.3, -0.25) is 0 Å². The fourth-order valence-corrected chi connectivity index (χ4v) is 12.2. The molecule has 0 aliphatic rings. The molecular weight excluding hydrogens is 532 g/mol. The summed E-state index contributed by atoms with van der Waals surface area (Å²) in [5, 5.41) is 2.54. The first-order valence-electron chi connectivity index (χ1n) is 13.4. The molecule has 0 aromatic heterocycles. The molecule has 3 nitrogen and oxygen atoms in total. The van der Waals surface area contributed by atoms with Crippen molar-refractivity contribution < 1.29 is 3.76 Å². The van der Waals surface area contributed by atoms with Gasteiger partial charge in [-0.1, -0.05) is 0 Å². The van der Waals surface area contributed by atoms with Crippen molar-refractivity contribution in [1.82, 2.24) is 3.63 Å². The SMILES string of the molecule is CC(C)c1cccc(C(C)C)c1N=P(c1ccccc1)(c1ccccc1)[N]([Ge][O]C(C)(C)C)C(C)(C)C. The van der Waals surface area contributed by atoms with E-state index in [9.17, 15) is 0 Å². The van der Waals surface area contributed by atoms with Crippen molar-refractivity contribution in [2.24, 2.45) is 4.74 Å². The van der Waals surface area contributed by atoms with E-state index in [1.54, 1.807) is 0 Å². The number of nitrogens with zero attached hydrogens (tertiary/aromatic N) is 2. The summed E-state index contributed by atoms with van der Waals surface area (Å²) in [5.41, 5.74) is 3.41. The standard InChI is InChI=1S/C32H45GeN2OP/c1-24(2)28-22-17-23-29(25(3)4)30(28)34-37(26-18-13-11-14-19-26,27-20-15-12-16-21-27)35(31(5,6)7)33-36-32(8,9)10/h11-25H,1-10H3. The second-order valence-corrected chi connectivity index (χ2v) is 17.6. The van der Waals surface area contributed by atoms with Gasteiger partial charge in [0.05, 0.1) is 0 Å². The van der Waals surface area contributed by atoms with Crippen LogP contribution in [0, 0.1) is 0 Å². The van der Waals surface area contributed by atoms with Crippen LogP contribution in [0.3, 0.4) is 0 Å². The van der Waals surface area contributed by atoms with Gasteiger partial charge in [0.1, 0.15) is 0 Å². The van der Waals surface area contributed by atoms with Gasteiger partial charge in [0.15, 0.2) is 0 Å². The minimum absolute atomic E-state index is 0.154. The zero-order valence-electron chi connectivity index (χ0n) is 24.4. The maximum atomic E-state index is 6.68. The van der Waals surface area contributed by atoms with Crippen LogP contribution < -0.4 is 10.6 Å². The van der Waals surface area contributed by atoms with Crippen LogP contribution in [-0.2, 0) is 3.76 Å². The Morgan fingerprint density at radius 1 is 0.676 bits per heavy atom. The molecule has 0 heterocycles. The molecule has 0 fully saturated rings. The Balaban J connectivity index is 2.58. The molecule has 3 aromatic carbocycles. The van der Waals surface area contributed by atoms with Gasteiger partial charge < -0.3 is 0 Å². The summed E-state index contributed by atoms with van der Waals surface area (Å²) in [6.45, 7) is 22.5. The molecule has 0 N–H and O–H groups in total. The molecule has 0 saturated heterocycles. The average Bonchev–Trinajstić information content (AvgIpc) is 2.82. The third-order valence-corrected chi connectivity index (χ3v) is 15.4. The molecule has 0 spiro atoms. The van der Waals surface area contributed by atoms with Crippen molar-refractivity contribution >= 4 is 39.5 Å². The molecule has 5 heteroatoms. The fourth-order valence-electron chi connectivity index (χ4n) is 4.39. The minimum atomic E-state index is -2.48. The Hall–Kier alpha value is -1.65. The van der Waals surface area contributed by atoms with Crippen LogP contribution in [0.1, 0.15) is 92.2 Å². The van der Waals surface area contributed by atoms with Crippen LogP contribution in [0.2, 0.25) is 0 Å². The maximum absolute atomic E-state index is 6.68. The van der Waals surface area contributed by atoms with Crippen LogP contribution in [-0.4, -0.2) is 30.8 Å². The summed E-state index contributed by atoms with van der Waals surface area (Å²) in [6.07, 6.45) is 0. The van der Waals surface area contributed by atoms with E-state index >= 15 is 0 Å². The number of hydrogen-bond donors (Lipinski definition) is 0. The van der Waals surface area contributed by atoms with Crippen LogP contribution >= 0.6 is 7.21 Å². The van der Waals surface area contributed by atoms with E-state index in [1.165, 1.54) is 21.7 Å². The van der Waals surface area contributed by atoms with E-state index in [1.807, 2.05) is 0 Å². The number of benzene rings is 3. The van der Waals surface area contributed by atoms with Crippen molar-refractivity contribution in [1.29, 1.82) is 0 Å². The first-order chi connectivity index (χ1) is 17.3. The number of hydrogen-bond acceptors (Lipinski definition) is 2. The van der Waals surface area contributed by atoms with E-state index in [4.69, 9.17) is 8.51 Å². The van der Waals surface area contributed by atoms with Crippen molar-refractivity contribution in [3.63, 3.8) is 0 Å². The summed E-state index contributed by atoms with van der Waals surface area (Å²) in [7, 11) is -2.48. The van der Waals surface area contributed by atoms with Gasteiger partial charge in [-0.25, -0.2) is 0 Å². The third-order valence-electron chi connectivity index (χ3n) is 6.18. The predicted octanol–water partition coefficient (Wildman–Crippen LogP) is 8.78. The molecule has 3 aromatic rings. The van der Waals surface area contributed by atoms with E-state index in [2.05, 4.69) is 152 Å². The fraction of sp³-hybridized carbons (Fsp3) is 0.438. The van der Waals surface area contributed by atoms with Gasteiger partial charge in [-0.15, -0.1) is 0 Å². The molecule has 0 aliphatic heterocycles. The number of rotatable bonds is 8. The molecule has 37 heavy (non-hydrogen) atoms. The zero-order chi connectivity index (χ0) is 27.4. The monoisotopic (exact) mass is 578 g/mol. The van der Waals surface area contributed by atoms with Crippen molar-refractivity contribution in [3.05, 3.63) is 90.0 Å². The van der Waals surface area contributed by atoms with E-state index in [-0.39, 0.29) is 11.1 Å².